The number of benzene rings is 2. The zero-order valence-electron chi connectivity index (χ0n) is 15.2. The van der Waals surface area contributed by atoms with Crippen LogP contribution in [0.2, 0.25) is 0 Å². The van der Waals surface area contributed by atoms with Crippen molar-refractivity contribution in [2.45, 2.75) is 0 Å². The molecule has 0 radical (unpaired) electrons. The van der Waals surface area contributed by atoms with Crippen LogP contribution in [0.15, 0.2) is 71.8 Å². The van der Waals surface area contributed by atoms with E-state index in [-0.39, 0.29) is 16.9 Å². The maximum absolute atomic E-state index is 12.6. The van der Waals surface area contributed by atoms with Crippen LogP contribution in [0.5, 0.6) is 17.2 Å². The Morgan fingerprint density at radius 1 is 0.931 bits per heavy atom. The van der Waals surface area contributed by atoms with Gasteiger partial charge in [-0.15, -0.1) is 0 Å². The second kappa shape index (κ2) is 6.83. The molecule has 0 amide bonds. The predicted molar refractivity (Wildman–Crippen MR) is 105 cm³/mol. The van der Waals surface area contributed by atoms with Gasteiger partial charge in [-0.1, -0.05) is 6.07 Å². The van der Waals surface area contributed by atoms with Crippen molar-refractivity contribution in [1.29, 1.82) is 0 Å². The Kier molecular flexibility index (Phi) is 4.02. The number of rotatable bonds is 3. The number of hydrogen-bond acceptors (Lipinski definition) is 6. The zero-order valence-corrected chi connectivity index (χ0v) is 15.2. The Labute approximate surface area is 165 Å². The van der Waals surface area contributed by atoms with Crippen LogP contribution in [0, 0.1) is 0 Å². The molecule has 8 heteroatoms. The van der Waals surface area contributed by atoms with E-state index in [9.17, 15) is 9.90 Å². The van der Waals surface area contributed by atoms with Gasteiger partial charge >= 0.3 is 0 Å². The monoisotopic (exact) mass is 388 g/mol. The van der Waals surface area contributed by atoms with E-state index in [1.54, 1.807) is 47.4 Å². The summed E-state index contributed by atoms with van der Waals surface area (Å²) in [5.74, 6) is 1.43. The maximum atomic E-state index is 12.6. The summed E-state index contributed by atoms with van der Waals surface area (Å²) >= 11 is 0. The van der Waals surface area contributed by atoms with Crippen LogP contribution >= 0.6 is 0 Å². The number of aromatic hydroxyl groups is 1. The molecule has 0 bridgehead atoms. The van der Waals surface area contributed by atoms with Gasteiger partial charge in [-0.3, -0.25) is 4.79 Å². The van der Waals surface area contributed by atoms with Gasteiger partial charge < -0.3 is 14.6 Å². The molecule has 0 fully saturated rings. The average Bonchev–Trinajstić information content (AvgIpc) is 3.23. The molecule has 2 aromatic carbocycles. The molecule has 0 atom stereocenters. The summed E-state index contributed by atoms with van der Waals surface area (Å²) in [6.07, 6.45) is 3.17. The van der Waals surface area contributed by atoms with Gasteiger partial charge in [0, 0.05) is 24.4 Å². The van der Waals surface area contributed by atoms with Gasteiger partial charge in [-0.25, -0.2) is 9.36 Å². The molecule has 0 saturated heterocycles. The summed E-state index contributed by atoms with van der Waals surface area (Å²) < 4.78 is 14.4. The number of phenols is 1. The van der Waals surface area contributed by atoms with Gasteiger partial charge in [0.2, 0.25) is 5.43 Å². The lowest BCUT2D eigenvalue weighted by atomic mass is 10.2. The summed E-state index contributed by atoms with van der Waals surface area (Å²) in [4.78, 5) is 12.6. The second-order valence-electron chi connectivity index (χ2n) is 6.45. The number of fused-ring (bicyclic) bond motifs is 1. The third-order valence-electron chi connectivity index (χ3n) is 4.56. The van der Waals surface area contributed by atoms with E-state index < -0.39 is 0 Å². The fraction of sp³-hybridized carbons (Fsp3) is 0.0952. The molecule has 0 unspecified atom stereocenters. The number of aromatic nitrogens is 4. The van der Waals surface area contributed by atoms with Crippen LogP contribution in [0.25, 0.3) is 22.8 Å². The molecule has 8 nitrogen and oxygen atoms in total. The Morgan fingerprint density at radius 2 is 1.79 bits per heavy atom. The minimum absolute atomic E-state index is 0.117. The molecular weight excluding hydrogens is 372 g/mol. The molecule has 1 aliphatic heterocycles. The van der Waals surface area contributed by atoms with Crippen molar-refractivity contribution >= 4 is 0 Å². The molecule has 2 aromatic heterocycles. The van der Waals surface area contributed by atoms with Crippen molar-refractivity contribution in [3.05, 3.63) is 77.2 Å². The molecule has 5 rings (SSSR count). The van der Waals surface area contributed by atoms with Crippen molar-refractivity contribution in [3.8, 4) is 40.0 Å². The maximum Gasteiger partial charge on any atom is 0.209 e. The second-order valence-corrected chi connectivity index (χ2v) is 6.45. The SMILES string of the molecule is O=c1ccn(-c2cccc(O)c2)nc1-c1ccnn1-c1ccc2c(c1)OCCO2. The lowest BCUT2D eigenvalue weighted by molar-refractivity contribution is 0.171. The van der Waals surface area contributed by atoms with Gasteiger partial charge in [0.15, 0.2) is 17.2 Å². The van der Waals surface area contributed by atoms with Crippen LogP contribution in [-0.2, 0) is 0 Å². The molecule has 0 saturated carbocycles. The van der Waals surface area contributed by atoms with Gasteiger partial charge in [0.25, 0.3) is 0 Å². The summed E-state index contributed by atoms with van der Waals surface area (Å²) in [6, 6.07) is 15.3. The van der Waals surface area contributed by atoms with E-state index in [0.29, 0.717) is 36.1 Å². The summed E-state index contributed by atoms with van der Waals surface area (Å²) in [7, 11) is 0. The zero-order chi connectivity index (χ0) is 19.8. The van der Waals surface area contributed by atoms with Gasteiger partial charge in [-0.2, -0.15) is 10.2 Å². The normalized spacial score (nSPS) is 12.7. The number of phenolic OH excluding ortho intramolecular Hbond substituents is 1. The first kappa shape index (κ1) is 17.1. The predicted octanol–water partition coefficient (Wildman–Crippen LogP) is 2.56. The van der Waals surface area contributed by atoms with E-state index in [4.69, 9.17) is 9.47 Å². The number of ether oxygens (including phenoxy) is 2. The fourth-order valence-corrected chi connectivity index (χ4v) is 3.22. The first-order chi connectivity index (χ1) is 14.2. The molecular formula is C21H16N4O4. The van der Waals surface area contributed by atoms with Crippen molar-refractivity contribution in [2.24, 2.45) is 0 Å². The molecule has 0 aliphatic carbocycles. The lowest BCUT2D eigenvalue weighted by Crippen LogP contribution is -2.16. The summed E-state index contributed by atoms with van der Waals surface area (Å²) in [5, 5.41) is 18.6. The Bertz CT molecular complexity index is 1260. The summed E-state index contributed by atoms with van der Waals surface area (Å²) in [5.41, 5.74) is 1.91. The quantitative estimate of drug-likeness (QED) is 0.580. The summed E-state index contributed by atoms with van der Waals surface area (Å²) in [6.45, 7) is 0.999. The fourth-order valence-electron chi connectivity index (χ4n) is 3.22. The van der Waals surface area contributed by atoms with E-state index in [1.165, 1.54) is 10.7 Å². The van der Waals surface area contributed by atoms with E-state index in [2.05, 4.69) is 10.2 Å². The van der Waals surface area contributed by atoms with Crippen LogP contribution in [0.1, 0.15) is 0 Å². The average molecular weight is 388 g/mol. The number of hydrogen-bond donors (Lipinski definition) is 1. The van der Waals surface area contributed by atoms with Crippen molar-refractivity contribution < 1.29 is 14.6 Å². The molecule has 144 valence electrons. The Balaban J connectivity index is 1.61. The minimum Gasteiger partial charge on any atom is -0.508 e. The molecule has 1 N–H and O–H groups in total. The highest BCUT2D eigenvalue weighted by Crippen LogP contribution is 2.32. The first-order valence-electron chi connectivity index (χ1n) is 9.03. The molecule has 0 spiro atoms. The van der Waals surface area contributed by atoms with Crippen LogP contribution in [0.3, 0.4) is 0 Å². The van der Waals surface area contributed by atoms with Crippen LogP contribution in [0.4, 0.5) is 0 Å². The Morgan fingerprint density at radius 3 is 2.66 bits per heavy atom. The topological polar surface area (TPSA) is 91.4 Å². The van der Waals surface area contributed by atoms with Crippen LogP contribution < -0.4 is 14.9 Å². The highest BCUT2D eigenvalue weighted by atomic mass is 16.6. The standard InChI is InChI=1S/C21H16N4O4/c26-16-3-1-2-14(12-16)24-9-7-18(27)21(23-24)17-6-8-22-25(17)15-4-5-19-20(13-15)29-11-10-28-19/h1-9,12-13,26H,10-11H2. The minimum atomic E-state index is -0.235. The van der Waals surface area contributed by atoms with E-state index >= 15 is 0 Å². The van der Waals surface area contributed by atoms with Crippen molar-refractivity contribution in [3.63, 3.8) is 0 Å². The molecule has 29 heavy (non-hydrogen) atoms. The van der Waals surface area contributed by atoms with E-state index in [0.717, 1.165) is 5.69 Å². The highest BCUT2D eigenvalue weighted by molar-refractivity contribution is 5.59. The molecule has 1 aliphatic rings. The largest absolute Gasteiger partial charge is 0.508 e. The molecule has 4 aromatic rings. The van der Waals surface area contributed by atoms with E-state index in [1.807, 2.05) is 18.2 Å². The smallest absolute Gasteiger partial charge is 0.209 e. The lowest BCUT2D eigenvalue weighted by Gasteiger charge is -2.19. The van der Waals surface area contributed by atoms with Gasteiger partial charge in [0.05, 0.1) is 23.3 Å². The molecule has 3 heterocycles. The van der Waals surface area contributed by atoms with Crippen molar-refractivity contribution in [1.82, 2.24) is 19.6 Å². The Hall–Kier alpha value is -4.07. The van der Waals surface area contributed by atoms with Crippen LogP contribution in [-0.4, -0.2) is 37.9 Å². The highest BCUT2D eigenvalue weighted by Gasteiger charge is 2.17. The first-order valence-corrected chi connectivity index (χ1v) is 9.03. The number of nitrogens with zero attached hydrogens (tertiary/aromatic N) is 4. The third kappa shape index (κ3) is 3.10. The van der Waals surface area contributed by atoms with Gasteiger partial charge in [-0.05, 0) is 30.3 Å². The third-order valence-corrected chi connectivity index (χ3v) is 4.56. The van der Waals surface area contributed by atoms with Gasteiger partial charge in [0.1, 0.15) is 19.0 Å². The van der Waals surface area contributed by atoms with Crippen molar-refractivity contribution in [2.75, 3.05) is 13.2 Å².